The van der Waals surface area contributed by atoms with E-state index in [1.165, 1.54) is 6.92 Å². The molecule has 0 radical (unpaired) electrons. The van der Waals surface area contributed by atoms with Crippen LogP contribution in [0.15, 0.2) is 30.3 Å². The molecule has 0 saturated carbocycles. The summed E-state index contributed by atoms with van der Waals surface area (Å²) in [7, 11) is 0. The van der Waals surface area contributed by atoms with E-state index >= 15 is 0 Å². The number of nitrogens with two attached hydrogens (primary N) is 1. The minimum Gasteiger partial charge on any atom is -0.480 e. The second-order valence-corrected chi connectivity index (χ2v) is 6.24. The fourth-order valence-electron chi connectivity index (χ4n) is 2.29. The van der Waals surface area contributed by atoms with Crippen LogP contribution in [0.4, 0.5) is 0 Å². The van der Waals surface area contributed by atoms with E-state index in [2.05, 4.69) is 10.6 Å². The third-order valence-corrected chi connectivity index (χ3v) is 4.16. The van der Waals surface area contributed by atoms with Gasteiger partial charge in [0, 0.05) is 0 Å². The topological polar surface area (TPSA) is 122 Å². The first-order valence-electron chi connectivity index (χ1n) is 8.39. The van der Waals surface area contributed by atoms with Gasteiger partial charge in [0.05, 0.1) is 6.04 Å². The van der Waals surface area contributed by atoms with Crippen LogP contribution in [-0.4, -0.2) is 41.0 Å². The lowest BCUT2D eigenvalue weighted by Gasteiger charge is -2.26. The predicted octanol–water partition coefficient (Wildman–Crippen LogP) is 0.677. The van der Waals surface area contributed by atoms with Gasteiger partial charge in [0.2, 0.25) is 11.8 Å². The first-order valence-corrected chi connectivity index (χ1v) is 8.39. The summed E-state index contributed by atoms with van der Waals surface area (Å²) >= 11 is 0. The van der Waals surface area contributed by atoms with Gasteiger partial charge in [-0.05, 0) is 24.8 Å². The number of carboxylic acid groups (broad SMARTS) is 1. The molecular weight excluding hydrogens is 322 g/mol. The standard InChI is InChI=1S/C18H27N3O4/c1-4-11(2)15(17(23)20-12(3)18(24)25)21-16(22)14(19)10-13-8-6-5-7-9-13/h5-9,11-12,14-15H,4,10,19H2,1-3H3,(H,20,23)(H,21,22)(H,24,25). The fourth-order valence-corrected chi connectivity index (χ4v) is 2.29. The van der Waals surface area contributed by atoms with Gasteiger partial charge in [-0.1, -0.05) is 50.6 Å². The molecule has 1 rings (SSSR count). The molecule has 0 aromatic heterocycles. The first kappa shape index (κ1) is 20.6. The molecule has 0 bridgehead atoms. The highest BCUT2D eigenvalue weighted by Gasteiger charge is 2.29. The molecule has 2 amide bonds. The number of rotatable bonds is 9. The molecule has 0 saturated heterocycles. The molecule has 4 unspecified atom stereocenters. The molecule has 4 atom stereocenters. The van der Waals surface area contributed by atoms with Crippen LogP contribution in [0.3, 0.4) is 0 Å². The quantitative estimate of drug-likeness (QED) is 0.522. The van der Waals surface area contributed by atoms with Crippen LogP contribution < -0.4 is 16.4 Å². The average Bonchev–Trinajstić information content (AvgIpc) is 2.59. The smallest absolute Gasteiger partial charge is 0.325 e. The van der Waals surface area contributed by atoms with Crippen LogP contribution in [0.2, 0.25) is 0 Å². The van der Waals surface area contributed by atoms with Crippen LogP contribution in [0, 0.1) is 5.92 Å². The number of hydrogen-bond acceptors (Lipinski definition) is 4. The van der Waals surface area contributed by atoms with Crippen molar-refractivity contribution in [2.24, 2.45) is 11.7 Å². The third kappa shape index (κ3) is 6.54. The maximum absolute atomic E-state index is 12.4. The predicted molar refractivity (Wildman–Crippen MR) is 94.7 cm³/mol. The van der Waals surface area contributed by atoms with Crippen molar-refractivity contribution in [2.45, 2.75) is 51.7 Å². The number of amides is 2. The van der Waals surface area contributed by atoms with Gasteiger partial charge >= 0.3 is 5.97 Å². The number of carbonyl (C=O) groups excluding carboxylic acids is 2. The van der Waals surface area contributed by atoms with Gasteiger partial charge in [0.25, 0.3) is 0 Å². The molecule has 7 nitrogen and oxygen atoms in total. The Hall–Kier alpha value is -2.41. The lowest BCUT2D eigenvalue weighted by molar-refractivity contribution is -0.142. The second kappa shape index (κ2) is 9.78. The highest BCUT2D eigenvalue weighted by atomic mass is 16.4. The number of carboxylic acids is 1. The zero-order valence-electron chi connectivity index (χ0n) is 14.9. The summed E-state index contributed by atoms with van der Waals surface area (Å²) in [5.41, 5.74) is 6.88. The van der Waals surface area contributed by atoms with Gasteiger partial charge in [-0.15, -0.1) is 0 Å². The average molecular weight is 349 g/mol. The summed E-state index contributed by atoms with van der Waals surface area (Å²) in [6.07, 6.45) is 1.00. The number of nitrogens with one attached hydrogen (secondary N) is 2. The van der Waals surface area contributed by atoms with E-state index in [1.54, 1.807) is 0 Å². The zero-order valence-corrected chi connectivity index (χ0v) is 14.9. The van der Waals surface area contributed by atoms with E-state index in [9.17, 15) is 14.4 Å². The summed E-state index contributed by atoms with van der Waals surface area (Å²) in [4.78, 5) is 35.6. The SMILES string of the molecule is CCC(C)C(NC(=O)C(N)Cc1ccccc1)C(=O)NC(C)C(=O)O. The summed E-state index contributed by atoms with van der Waals surface area (Å²) in [6, 6.07) is 6.70. The highest BCUT2D eigenvalue weighted by molar-refractivity contribution is 5.91. The summed E-state index contributed by atoms with van der Waals surface area (Å²) in [5, 5.41) is 14.0. The Balaban J connectivity index is 2.74. The Morgan fingerprint density at radius 1 is 1.08 bits per heavy atom. The van der Waals surface area contributed by atoms with Gasteiger partial charge in [-0.25, -0.2) is 0 Å². The van der Waals surface area contributed by atoms with Gasteiger partial charge < -0.3 is 21.5 Å². The van der Waals surface area contributed by atoms with E-state index in [4.69, 9.17) is 10.8 Å². The molecule has 1 aromatic carbocycles. The molecule has 7 heteroatoms. The second-order valence-electron chi connectivity index (χ2n) is 6.24. The molecule has 5 N–H and O–H groups in total. The van der Waals surface area contributed by atoms with E-state index in [0.29, 0.717) is 12.8 Å². The van der Waals surface area contributed by atoms with Crippen LogP contribution >= 0.6 is 0 Å². The summed E-state index contributed by atoms with van der Waals surface area (Å²) < 4.78 is 0. The van der Waals surface area contributed by atoms with E-state index in [-0.39, 0.29) is 5.92 Å². The number of aliphatic carboxylic acids is 1. The molecular formula is C18H27N3O4. The monoisotopic (exact) mass is 349 g/mol. The molecule has 0 aliphatic carbocycles. The number of carbonyl (C=O) groups is 3. The van der Waals surface area contributed by atoms with Crippen molar-refractivity contribution in [2.75, 3.05) is 0 Å². The molecule has 0 fully saturated rings. The van der Waals surface area contributed by atoms with Crippen LogP contribution in [-0.2, 0) is 20.8 Å². The Morgan fingerprint density at radius 3 is 2.20 bits per heavy atom. The van der Waals surface area contributed by atoms with Crippen molar-refractivity contribution < 1.29 is 19.5 Å². The maximum atomic E-state index is 12.4. The van der Waals surface area contributed by atoms with Crippen LogP contribution in [0.25, 0.3) is 0 Å². The molecule has 138 valence electrons. The first-order chi connectivity index (χ1) is 11.8. The van der Waals surface area contributed by atoms with E-state index < -0.39 is 35.9 Å². The van der Waals surface area contributed by atoms with Gasteiger partial charge in [-0.2, -0.15) is 0 Å². The zero-order chi connectivity index (χ0) is 19.0. The summed E-state index contributed by atoms with van der Waals surface area (Å²) in [5.74, 6) is -2.26. The summed E-state index contributed by atoms with van der Waals surface area (Å²) in [6.45, 7) is 5.08. The molecule has 0 aliphatic rings. The minimum atomic E-state index is -1.14. The molecule has 25 heavy (non-hydrogen) atoms. The largest absolute Gasteiger partial charge is 0.480 e. The van der Waals surface area contributed by atoms with E-state index in [0.717, 1.165) is 5.56 Å². The molecule has 1 aromatic rings. The van der Waals surface area contributed by atoms with Crippen LogP contribution in [0.1, 0.15) is 32.8 Å². The van der Waals surface area contributed by atoms with Crippen molar-refractivity contribution in [1.82, 2.24) is 10.6 Å². The van der Waals surface area contributed by atoms with Crippen molar-refractivity contribution in [3.05, 3.63) is 35.9 Å². The molecule has 0 heterocycles. The lowest BCUT2D eigenvalue weighted by Crippen LogP contribution is -2.56. The van der Waals surface area contributed by atoms with Crippen LogP contribution in [0.5, 0.6) is 0 Å². The van der Waals surface area contributed by atoms with Crippen molar-refractivity contribution in [1.29, 1.82) is 0 Å². The Morgan fingerprint density at radius 2 is 1.68 bits per heavy atom. The van der Waals surface area contributed by atoms with Gasteiger partial charge in [-0.3, -0.25) is 14.4 Å². The van der Waals surface area contributed by atoms with E-state index in [1.807, 2.05) is 44.2 Å². The van der Waals surface area contributed by atoms with Crippen molar-refractivity contribution >= 4 is 17.8 Å². The van der Waals surface area contributed by atoms with Gasteiger partial charge in [0.15, 0.2) is 0 Å². The van der Waals surface area contributed by atoms with Gasteiger partial charge in [0.1, 0.15) is 12.1 Å². The highest BCUT2D eigenvalue weighted by Crippen LogP contribution is 2.09. The third-order valence-electron chi connectivity index (χ3n) is 4.16. The molecule has 0 spiro atoms. The number of benzene rings is 1. The normalized spacial score (nSPS) is 15.5. The van der Waals surface area contributed by atoms with Crippen molar-refractivity contribution in [3.8, 4) is 0 Å². The Kier molecular flexibility index (Phi) is 8.07. The van der Waals surface area contributed by atoms with Crippen molar-refractivity contribution in [3.63, 3.8) is 0 Å². The Bertz CT molecular complexity index is 591. The minimum absolute atomic E-state index is 0.158. The lowest BCUT2D eigenvalue weighted by atomic mass is 9.97. The maximum Gasteiger partial charge on any atom is 0.325 e. The Labute approximate surface area is 148 Å². The molecule has 0 aliphatic heterocycles. The fraction of sp³-hybridized carbons (Fsp3) is 0.500. The number of hydrogen-bond donors (Lipinski definition) is 4.